The maximum atomic E-state index is 4.61. The molecule has 0 amide bonds. The standard InChI is InChI=1S/C26H40INSi2/c1-11-12-24(26(27)29(8,9)10)15-13-23-14-16-25(28-19-23)17-18-30(20(2)3,21(4)5)22(6)7/h14,16,19-22H,11-12H2,1-10H3/b26-24+. The zero-order valence-electron chi connectivity index (χ0n) is 20.7. The van der Waals surface area contributed by atoms with Gasteiger partial charge in [-0.2, -0.15) is 0 Å². The molecular weight excluding hydrogens is 509 g/mol. The summed E-state index contributed by atoms with van der Waals surface area (Å²) in [6.07, 6.45) is 4.06. The van der Waals surface area contributed by atoms with Crippen LogP contribution in [0.1, 0.15) is 72.6 Å². The SMILES string of the molecule is CCC/C(C#Cc1ccc(C#C[Si](C(C)C)(C(C)C)C(C)C)nc1)=C(/I)[Si](C)(C)C. The Bertz CT molecular complexity index is 829. The zero-order valence-corrected chi connectivity index (χ0v) is 24.9. The highest BCUT2D eigenvalue weighted by molar-refractivity contribution is 14.1. The van der Waals surface area contributed by atoms with Crippen molar-refractivity contribution in [3.8, 4) is 23.3 Å². The van der Waals surface area contributed by atoms with Crippen LogP contribution in [0.2, 0.25) is 36.3 Å². The lowest BCUT2D eigenvalue weighted by Gasteiger charge is -2.38. The van der Waals surface area contributed by atoms with E-state index in [-0.39, 0.29) is 0 Å². The molecule has 0 aromatic carbocycles. The van der Waals surface area contributed by atoms with Gasteiger partial charge in [-0.05, 0) is 38.4 Å². The van der Waals surface area contributed by atoms with Gasteiger partial charge < -0.3 is 0 Å². The van der Waals surface area contributed by atoms with E-state index in [1.165, 1.54) is 8.78 Å². The summed E-state index contributed by atoms with van der Waals surface area (Å²) in [7, 11) is -3.06. The minimum atomic E-state index is -1.73. The van der Waals surface area contributed by atoms with Crippen molar-refractivity contribution in [1.29, 1.82) is 0 Å². The lowest BCUT2D eigenvalue weighted by molar-refractivity contribution is 0.838. The number of hydrogen-bond donors (Lipinski definition) is 0. The van der Waals surface area contributed by atoms with Crippen molar-refractivity contribution in [1.82, 2.24) is 4.98 Å². The molecule has 1 aromatic heterocycles. The molecule has 0 spiro atoms. The van der Waals surface area contributed by atoms with Crippen molar-refractivity contribution in [3.05, 3.63) is 38.4 Å². The van der Waals surface area contributed by atoms with Gasteiger partial charge in [0.15, 0.2) is 0 Å². The Morgan fingerprint density at radius 3 is 1.93 bits per heavy atom. The Morgan fingerprint density at radius 2 is 1.53 bits per heavy atom. The Balaban J connectivity index is 3.21. The van der Waals surface area contributed by atoms with Gasteiger partial charge in [0.2, 0.25) is 0 Å². The van der Waals surface area contributed by atoms with Gasteiger partial charge in [0.05, 0.1) is 8.07 Å². The zero-order chi connectivity index (χ0) is 23.1. The van der Waals surface area contributed by atoms with Crippen LogP contribution in [0, 0.1) is 23.3 Å². The van der Waals surface area contributed by atoms with Gasteiger partial charge in [0.1, 0.15) is 13.8 Å². The van der Waals surface area contributed by atoms with Crippen LogP contribution < -0.4 is 0 Å². The molecule has 164 valence electrons. The van der Waals surface area contributed by atoms with E-state index in [4.69, 9.17) is 0 Å². The second-order valence-electron chi connectivity index (χ2n) is 10.1. The smallest absolute Gasteiger partial charge is 0.146 e. The van der Waals surface area contributed by atoms with Crippen molar-refractivity contribution in [3.63, 3.8) is 0 Å². The number of rotatable bonds is 6. The molecule has 0 aliphatic carbocycles. The molecule has 1 nitrogen and oxygen atoms in total. The third kappa shape index (κ3) is 7.11. The quantitative estimate of drug-likeness (QED) is 0.197. The number of halogens is 1. The fourth-order valence-electron chi connectivity index (χ4n) is 4.22. The van der Waals surface area contributed by atoms with E-state index in [0.29, 0.717) is 16.6 Å². The number of nitrogens with zero attached hydrogens (tertiary/aromatic N) is 1. The van der Waals surface area contributed by atoms with Gasteiger partial charge in [-0.3, -0.25) is 0 Å². The Morgan fingerprint density at radius 1 is 0.967 bits per heavy atom. The van der Waals surface area contributed by atoms with Crippen molar-refractivity contribution < 1.29 is 0 Å². The normalized spacial score (nSPS) is 13.0. The van der Waals surface area contributed by atoms with Gasteiger partial charge >= 0.3 is 0 Å². The first-order valence-electron chi connectivity index (χ1n) is 11.3. The van der Waals surface area contributed by atoms with Gasteiger partial charge in [-0.1, -0.05) is 115 Å². The maximum absolute atomic E-state index is 4.61. The van der Waals surface area contributed by atoms with Crippen molar-refractivity contribution in [2.75, 3.05) is 0 Å². The van der Waals surface area contributed by atoms with Gasteiger partial charge in [0, 0.05) is 17.3 Å². The molecule has 0 saturated carbocycles. The summed E-state index contributed by atoms with van der Waals surface area (Å²) in [6, 6.07) is 4.10. The highest BCUT2D eigenvalue weighted by atomic mass is 127. The summed E-state index contributed by atoms with van der Waals surface area (Å²) in [5, 5.41) is 0. The molecule has 0 fully saturated rings. The number of allylic oxidation sites excluding steroid dienone is 1. The summed E-state index contributed by atoms with van der Waals surface area (Å²) >= 11 is 2.52. The van der Waals surface area contributed by atoms with Gasteiger partial charge in [-0.25, -0.2) is 4.98 Å². The molecule has 1 heterocycles. The van der Waals surface area contributed by atoms with Crippen LogP contribution in [0.4, 0.5) is 0 Å². The summed E-state index contributed by atoms with van der Waals surface area (Å²) in [6.45, 7) is 23.4. The molecule has 0 aliphatic rings. The third-order valence-electron chi connectivity index (χ3n) is 5.82. The summed E-state index contributed by atoms with van der Waals surface area (Å²) in [4.78, 5) is 4.61. The minimum Gasteiger partial charge on any atom is -0.247 e. The monoisotopic (exact) mass is 549 g/mol. The third-order valence-corrected chi connectivity index (χ3v) is 19.2. The lowest BCUT2D eigenvalue weighted by atomic mass is 10.1. The lowest BCUT2D eigenvalue weighted by Crippen LogP contribution is -2.43. The summed E-state index contributed by atoms with van der Waals surface area (Å²) in [5.41, 5.74) is 8.79. The van der Waals surface area contributed by atoms with Crippen LogP contribution >= 0.6 is 22.6 Å². The van der Waals surface area contributed by atoms with E-state index in [0.717, 1.165) is 24.1 Å². The molecule has 4 heteroatoms. The molecular formula is C26H40INSi2. The van der Waals surface area contributed by atoms with E-state index >= 15 is 0 Å². The Labute approximate surface area is 202 Å². The van der Waals surface area contributed by atoms with E-state index in [1.54, 1.807) is 0 Å². The predicted octanol–water partition coefficient (Wildman–Crippen LogP) is 8.37. The fraction of sp³-hybridized carbons (Fsp3) is 0.577. The van der Waals surface area contributed by atoms with Crippen LogP contribution in [-0.2, 0) is 0 Å². The molecule has 30 heavy (non-hydrogen) atoms. The second-order valence-corrected chi connectivity index (χ2v) is 22.8. The Hall–Kier alpha value is -0.826. The van der Waals surface area contributed by atoms with Gasteiger partial charge in [0.25, 0.3) is 0 Å². The van der Waals surface area contributed by atoms with Crippen molar-refractivity contribution in [2.45, 2.75) is 97.6 Å². The largest absolute Gasteiger partial charge is 0.247 e. The topological polar surface area (TPSA) is 12.9 Å². The first kappa shape index (κ1) is 27.2. The molecule has 0 saturated heterocycles. The first-order chi connectivity index (χ1) is 13.9. The highest BCUT2D eigenvalue weighted by Crippen LogP contribution is 2.40. The molecule has 0 atom stereocenters. The molecule has 1 aromatic rings. The van der Waals surface area contributed by atoms with E-state index in [9.17, 15) is 0 Å². The first-order valence-corrected chi connectivity index (χ1v) is 18.1. The summed E-state index contributed by atoms with van der Waals surface area (Å²) in [5.74, 6) is 10.2. The highest BCUT2D eigenvalue weighted by Gasteiger charge is 2.41. The number of pyridine rings is 1. The number of aromatic nitrogens is 1. The van der Waals surface area contributed by atoms with E-state index < -0.39 is 16.1 Å². The number of hydrogen-bond acceptors (Lipinski definition) is 1. The van der Waals surface area contributed by atoms with Crippen LogP contribution in [0.25, 0.3) is 0 Å². The van der Waals surface area contributed by atoms with E-state index in [2.05, 4.69) is 125 Å². The molecule has 1 rings (SSSR count). The maximum Gasteiger partial charge on any atom is 0.146 e. The van der Waals surface area contributed by atoms with Gasteiger partial charge in [-0.15, -0.1) is 5.54 Å². The fourth-order valence-corrected chi connectivity index (χ4v) is 10.9. The molecule has 0 unspecified atom stereocenters. The predicted molar refractivity (Wildman–Crippen MR) is 148 cm³/mol. The average molecular weight is 550 g/mol. The van der Waals surface area contributed by atoms with E-state index in [1.807, 2.05) is 12.3 Å². The van der Waals surface area contributed by atoms with Crippen molar-refractivity contribution in [2.24, 2.45) is 0 Å². The van der Waals surface area contributed by atoms with Crippen LogP contribution in [-0.4, -0.2) is 21.1 Å². The summed E-state index contributed by atoms with van der Waals surface area (Å²) < 4.78 is 1.49. The molecule has 0 N–H and O–H groups in total. The minimum absolute atomic E-state index is 0.632. The van der Waals surface area contributed by atoms with Crippen LogP contribution in [0.5, 0.6) is 0 Å². The molecule has 0 radical (unpaired) electrons. The van der Waals surface area contributed by atoms with Crippen LogP contribution in [0.15, 0.2) is 27.1 Å². The second kappa shape index (κ2) is 11.7. The Kier molecular flexibility index (Phi) is 10.6. The molecule has 0 aliphatic heterocycles. The molecule has 0 bridgehead atoms. The van der Waals surface area contributed by atoms with Crippen LogP contribution in [0.3, 0.4) is 0 Å². The average Bonchev–Trinajstić information content (AvgIpc) is 2.64. The van der Waals surface area contributed by atoms with Crippen molar-refractivity contribution >= 4 is 38.7 Å².